The summed E-state index contributed by atoms with van der Waals surface area (Å²) in [7, 11) is 0. The van der Waals surface area contributed by atoms with Crippen LogP contribution in [0.25, 0.3) is 16.9 Å². The predicted molar refractivity (Wildman–Crippen MR) is 103 cm³/mol. The van der Waals surface area contributed by atoms with Crippen molar-refractivity contribution < 1.29 is 4.79 Å². The van der Waals surface area contributed by atoms with Crippen LogP contribution >= 0.6 is 15.9 Å². The molecule has 25 heavy (non-hydrogen) atoms. The summed E-state index contributed by atoms with van der Waals surface area (Å²) in [6.07, 6.45) is 3.94. The lowest BCUT2D eigenvalue weighted by Crippen LogP contribution is -2.11. The van der Waals surface area contributed by atoms with Crippen LogP contribution in [0.2, 0.25) is 0 Å². The molecule has 0 atom stereocenters. The lowest BCUT2D eigenvalue weighted by atomic mass is 10.1. The number of aromatic nitrogens is 2. The number of carbonyl (C=O) groups is 1. The fraction of sp³-hybridized carbons (Fsp3) is 0. The van der Waals surface area contributed by atoms with E-state index in [2.05, 4.69) is 26.2 Å². The van der Waals surface area contributed by atoms with E-state index in [9.17, 15) is 4.79 Å². The summed E-state index contributed by atoms with van der Waals surface area (Å²) in [5, 5.41) is 2.93. The second kappa shape index (κ2) is 6.53. The molecule has 0 saturated heterocycles. The molecule has 2 aromatic heterocycles. The molecule has 0 bridgehead atoms. The van der Waals surface area contributed by atoms with Crippen LogP contribution in [0.5, 0.6) is 0 Å². The molecule has 0 radical (unpaired) electrons. The van der Waals surface area contributed by atoms with Gasteiger partial charge in [0.1, 0.15) is 5.65 Å². The van der Waals surface area contributed by atoms with Crippen molar-refractivity contribution in [1.82, 2.24) is 9.38 Å². The summed E-state index contributed by atoms with van der Waals surface area (Å²) in [5.41, 5.74) is 4.06. The topological polar surface area (TPSA) is 46.4 Å². The minimum atomic E-state index is -0.139. The number of nitrogens with one attached hydrogen (secondary N) is 1. The number of anilines is 1. The number of halogens is 1. The number of hydrogen-bond acceptors (Lipinski definition) is 2. The highest BCUT2D eigenvalue weighted by Crippen LogP contribution is 2.23. The summed E-state index contributed by atoms with van der Waals surface area (Å²) in [6.45, 7) is 0. The van der Waals surface area contributed by atoms with Crippen molar-refractivity contribution in [1.29, 1.82) is 0 Å². The van der Waals surface area contributed by atoms with Gasteiger partial charge in [-0.3, -0.25) is 4.79 Å². The van der Waals surface area contributed by atoms with Crippen molar-refractivity contribution >= 4 is 33.2 Å². The van der Waals surface area contributed by atoms with Gasteiger partial charge in [-0.1, -0.05) is 34.1 Å². The fourth-order valence-electron chi connectivity index (χ4n) is 2.63. The molecule has 0 fully saturated rings. The van der Waals surface area contributed by atoms with Gasteiger partial charge in [0.2, 0.25) is 0 Å². The predicted octanol–water partition coefficient (Wildman–Crippen LogP) is 5.02. The van der Waals surface area contributed by atoms with Gasteiger partial charge in [-0.2, -0.15) is 0 Å². The van der Waals surface area contributed by atoms with Crippen molar-refractivity contribution in [3.63, 3.8) is 0 Å². The number of amides is 1. The SMILES string of the molecule is O=C(Nc1cccc(-c2cn3ccccc3n2)c1)c1ccc(Br)cc1. The summed E-state index contributed by atoms with van der Waals surface area (Å²) < 4.78 is 2.92. The van der Waals surface area contributed by atoms with Crippen molar-refractivity contribution in [2.75, 3.05) is 5.32 Å². The average molecular weight is 392 g/mol. The van der Waals surface area contributed by atoms with Crippen LogP contribution in [-0.2, 0) is 0 Å². The molecule has 4 nitrogen and oxygen atoms in total. The van der Waals surface area contributed by atoms with E-state index in [1.165, 1.54) is 0 Å². The highest BCUT2D eigenvalue weighted by molar-refractivity contribution is 9.10. The molecule has 4 rings (SSSR count). The van der Waals surface area contributed by atoms with Gasteiger partial charge in [-0.25, -0.2) is 4.98 Å². The third kappa shape index (κ3) is 3.32. The monoisotopic (exact) mass is 391 g/mol. The van der Waals surface area contributed by atoms with E-state index in [-0.39, 0.29) is 5.91 Å². The maximum Gasteiger partial charge on any atom is 0.255 e. The molecule has 0 aliphatic heterocycles. The van der Waals surface area contributed by atoms with Crippen molar-refractivity contribution in [2.24, 2.45) is 0 Å². The summed E-state index contributed by atoms with van der Waals surface area (Å²) >= 11 is 3.37. The lowest BCUT2D eigenvalue weighted by molar-refractivity contribution is 0.102. The number of fused-ring (bicyclic) bond motifs is 1. The zero-order valence-electron chi connectivity index (χ0n) is 13.2. The Bertz CT molecular complexity index is 1020. The maximum absolute atomic E-state index is 12.4. The number of rotatable bonds is 3. The summed E-state index contributed by atoms with van der Waals surface area (Å²) in [4.78, 5) is 17.0. The van der Waals surface area contributed by atoms with Crippen LogP contribution in [0.3, 0.4) is 0 Å². The van der Waals surface area contributed by atoms with Crippen LogP contribution in [0, 0.1) is 0 Å². The number of nitrogens with zero attached hydrogens (tertiary/aromatic N) is 2. The van der Waals surface area contributed by atoms with Gasteiger partial charge in [0.25, 0.3) is 5.91 Å². The second-order valence-corrected chi connectivity index (χ2v) is 6.55. The molecule has 0 unspecified atom stereocenters. The first-order valence-corrected chi connectivity index (χ1v) is 8.59. The third-order valence-corrected chi connectivity index (χ3v) is 4.42. The van der Waals surface area contributed by atoms with Crippen LogP contribution in [-0.4, -0.2) is 15.3 Å². The van der Waals surface area contributed by atoms with Gasteiger partial charge < -0.3 is 9.72 Å². The molecule has 1 N–H and O–H groups in total. The fourth-order valence-corrected chi connectivity index (χ4v) is 2.90. The summed E-state index contributed by atoms with van der Waals surface area (Å²) in [6, 6.07) is 20.8. The van der Waals surface area contributed by atoms with Crippen LogP contribution in [0.4, 0.5) is 5.69 Å². The van der Waals surface area contributed by atoms with Gasteiger partial charge in [-0.15, -0.1) is 0 Å². The number of hydrogen-bond donors (Lipinski definition) is 1. The molecule has 0 aliphatic rings. The highest BCUT2D eigenvalue weighted by atomic mass is 79.9. The van der Waals surface area contributed by atoms with Gasteiger partial charge >= 0.3 is 0 Å². The molecule has 0 saturated carbocycles. The average Bonchev–Trinajstić information content (AvgIpc) is 3.07. The first kappa shape index (κ1) is 15.6. The molecule has 4 aromatic rings. The smallest absolute Gasteiger partial charge is 0.255 e. The van der Waals surface area contributed by atoms with Gasteiger partial charge in [0.05, 0.1) is 5.69 Å². The van der Waals surface area contributed by atoms with E-state index >= 15 is 0 Å². The third-order valence-electron chi connectivity index (χ3n) is 3.89. The quantitative estimate of drug-likeness (QED) is 0.533. The Labute approximate surface area is 153 Å². The van der Waals surface area contributed by atoms with Crippen LogP contribution < -0.4 is 5.32 Å². The normalized spacial score (nSPS) is 10.8. The Kier molecular flexibility index (Phi) is 4.07. The first-order valence-electron chi connectivity index (χ1n) is 7.80. The van der Waals surface area contributed by atoms with Gasteiger partial charge in [-0.05, 0) is 48.5 Å². The zero-order valence-corrected chi connectivity index (χ0v) is 14.8. The molecule has 5 heteroatoms. The molecule has 0 spiro atoms. The molecular formula is C20H14BrN3O. The molecular weight excluding hydrogens is 378 g/mol. The molecule has 122 valence electrons. The van der Waals surface area contributed by atoms with E-state index in [1.54, 1.807) is 12.1 Å². The molecule has 2 heterocycles. The second-order valence-electron chi connectivity index (χ2n) is 5.63. The summed E-state index contributed by atoms with van der Waals surface area (Å²) in [5.74, 6) is -0.139. The van der Waals surface area contributed by atoms with Crippen molar-refractivity contribution in [2.45, 2.75) is 0 Å². The molecule has 0 aliphatic carbocycles. The first-order chi connectivity index (χ1) is 12.2. The number of benzene rings is 2. The van der Waals surface area contributed by atoms with Gasteiger partial charge in [0, 0.05) is 33.7 Å². The van der Waals surface area contributed by atoms with E-state index in [1.807, 2.05) is 71.4 Å². The van der Waals surface area contributed by atoms with E-state index in [0.717, 1.165) is 27.1 Å². The Morgan fingerprint density at radius 3 is 2.64 bits per heavy atom. The number of carbonyl (C=O) groups excluding carboxylic acids is 1. The minimum absolute atomic E-state index is 0.139. The standard InChI is InChI=1S/C20H14BrN3O/c21-16-9-7-14(8-10-16)20(25)22-17-5-3-4-15(12-17)18-13-24-11-2-1-6-19(24)23-18/h1-13H,(H,22,25). The van der Waals surface area contributed by atoms with Crippen LogP contribution in [0.15, 0.2) is 83.6 Å². The molecule has 1 amide bonds. The Balaban J connectivity index is 1.60. The van der Waals surface area contributed by atoms with Gasteiger partial charge in [0.15, 0.2) is 0 Å². The molecule has 2 aromatic carbocycles. The van der Waals surface area contributed by atoms with E-state index < -0.39 is 0 Å². The van der Waals surface area contributed by atoms with Crippen molar-refractivity contribution in [3.05, 3.63) is 89.2 Å². The largest absolute Gasteiger partial charge is 0.322 e. The van der Waals surface area contributed by atoms with E-state index in [4.69, 9.17) is 0 Å². The Morgan fingerprint density at radius 1 is 1.00 bits per heavy atom. The zero-order chi connectivity index (χ0) is 17.2. The van der Waals surface area contributed by atoms with E-state index in [0.29, 0.717) is 5.56 Å². The maximum atomic E-state index is 12.4. The Hall–Kier alpha value is -2.92. The minimum Gasteiger partial charge on any atom is -0.322 e. The number of pyridine rings is 1. The Morgan fingerprint density at radius 2 is 1.84 bits per heavy atom. The van der Waals surface area contributed by atoms with Crippen LogP contribution in [0.1, 0.15) is 10.4 Å². The highest BCUT2D eigenvalue weighted by Gasteiger charge is 2.08. The lowest BCUT2D eigenvalue weighted by Gasteiger charge is -2.07. The van der Waals surface area contributed by atoms with Crippen molar-refractivity contribution in [3.8, 4) is 11.3 Å². The number of imidazole rings is 1.